The zero-order valence-corrected chi connectivity index (χ0v) is 13.5. The van der Waals surface area contributed by atoms with Crippen molar-refractivity contribution in [3.05, 3.63) is 41.5 Å². The molecule has 0 aromatic heterocycles. The molecule has 1 aliphatic heterocycles. The van der Waals surface area contributed by atoms with Crippen LogP contribution in [0.2, 0.25) is 0 Å². The third-order valence-electron chi connectivity index (χ3n) is 4.51. The lowest BCUT2D eigenvalue weighted by Crippen LogP contribution is -2.46. The van der Waals surface area contributed by atoms with E-state index in [1.54, 1.807) is 5.57 Å². The van der Waals surface area contributed by atoms with Crippen molar-refractivity contribution in [1.29, 1.82) is 0 Å². The van der Waals surface area contributed by atoms with E-state index in [9.17, 15) is 0 Å². The Morgan fingerprint density at radius 2 is 1.95 bits per heavy atom. The minimum Gasteiger partial charge on any atom is -0.296 e. The normalized spacial score (nSPS) is 26.4. The maximum atomic E-state index is 2.69. The molecule has 0 N–H and O–H groups in total. The average molecular weight is 271 g/mol. The van der Waals surface area contributed by atoms with Gasteiger partial charge in [-0.1, -0.05) is 69.7 Å². The number of rotatable bonds is 4. The smallest absolute Gasteiger partial charge is 0.0201 e. The first-order valence-corrected chi connectivity index (χ1v) is 8.11. The standard InChI is InChI=1S/C19H29N/c1-5-11-20-14-18(13-17-9-7-6-8-10-17)16(4)12-19(20)15(2)3/h6-10,13,15-16,19H,5,11-12,14H2,1-4H3/b18-13+/t16-,19+/m0/s1. The number of hydrogen-bond donors (Lipinski definition) is 0. The number of likely N-dealkylation sites (tertiary alicyclic amines) is 1. The molecule has 0 radical (unpaired) electrons. The average Bonchev–Trinajstić information content (AvgIpc) is 2.43. The molecule has 1 saturated heterocycles. The largest absolute Gasteiger partial charge is 0.296 e. The summed E-state index contributed by atoms with van der Waals surface area (Å²) in [6.07, 6.45) is 4.95. The highest BCUT2D eigenvalue weighted by atomic mass is 15.2. The van der Waals surface area contributed by atoms with Crippen LogP contribution in [0.15, 0.2) is 35.9 Å². The molecular weight excluding hydrogens is 242 g/mol. The van der Waals surface area contributed by atoms with Gasteiger partial charge >= 0.3 is 0 Å². The summed E-state index contributed by atoms with van der Waals surface area (Å²) in [6, 6.07) is 11.5. The van der Waals surface area contributed by atoms with Crippen LogP contribution in [0.25, 0.3) is 6.08 Å². The highest BCUT2D eigenvalue weighted by Gasteiger charge is 2.30. The number of benzene rings is 1. The molecule has 1 aliphatic rings. The molecule has 0 unspecified atom stereocenters. The third-order valence-corrected chi connectivity index (χ3v) is 4.51. The van der Waals surface area contributed by atoms with Crippen LogP contribution < -0.4 is 0 Å². The van der Waals surface area contributed by atoms with Gasteiger partial charge in [0.2, 0.25) is 0 Å². The minimum atomic E-state index is 0.704. The van der Waals surface area contributed by atoms with E-state index in [0.717, 1.165) is 18.5 Å². The van der Waals surface area contributed by atoms with Crippen molar-refractivity contribution in [3.63, 3.8) is 0 Å². The van der Waals surface area contributed by atoms with Gasteiger partial charge in [-0.25, -0.2) is 0 Å². The maximum absolute atomic E-state index is 2.69. The molecule has 0 saturated carbocycles. The molecule has 0 amide bonds. The van der Waals surface area contributed by atoms with Crippen LogP contribution in [0.1, 0.15) is 46.1 Å². The third kappa shape index (κ3) is 3.73. The summed E-state index contributed by atoms with van der Waals surface area (Å²) in [5.41, 5.74) is 2.94. The van der Waals surface area contributed by atoms with Crippen LogP contribution in [0.3, 0.4) is 0 Å². The molecule has 110 valence electrons. The van der Waals surface area contributed by atoms with Crippen LogP contribution in [0.4, 0.5) is 0 Å². The maximum Gasteiger partial charge on any atom is 0.0201 e. The Morgan fingerprint density at radius 1 is 1.25 bits per heavy atom. The van der Waals surface area contributed by atoms with Crippen molar-refractivity contribution >= 4 is 6.08 Å². The first-order valence-electron chi connectivity index (χ1n) is 8.11. The Bertz CT molecular complexity index is 432. The van der Waals surface area contributed by atoms with Gasteiger partial charge in [0.05, 0.1) is 0 Å². The summed E-state index contributed by atoms with van der Waals surface area (Å²) in [5, 5.41) is 0. The summed E-state index contributed by atoms with van der Waals surface area (Å²) >= 11 is 0. The Hall–Kier alpha value is -1.08. The van der Waals surface area contributed by atoms with E-state index in [1.165, 1.54) is 24.9 Å². The van der Waals surface area contributed by atoms with Gasteiger partial charge in [0.15, 0.2) is 0 Å². The molecular formula is C19H29N. The predicted molar refractivity (Wildman–Crippen MR) is 88.7 cm³/mol. The van der Waals surface area contributed by atoms with Crippen molar-refractivity contribution in [2.24, 2.45) is 11.8 Å². The van der Waals surface area contributed by atoms with Crippen molar-refractivity contribution in [1.82, 2.24) is 4.90 Å². The molecule has 20 heavy (non-hydrogen) atoms. The molecule has 1 aromatic rings. The first-order chi connectivity index (χ1) is 9.61. The number of piperidine rings is 1. The molecule has 2 atom stereocenters. The lowest BCUT2D eigenvalue weighted by atomic mass is 9.82. The number of hydrogen-bond acceptors (Lipinski definition) is 1. The van der Waals surface area contributed by atoms with E-state index in [1.807, 2.05) is 0 Å². The van der Waals surface area contributed by atoms with Crippen LogP contribution in [-0.2, 0) is 0 Å². The fourth-order valence-corrected chi connectivity index (χ4v) is 3.35. The van der Waals surface area contributed by atoms with E-state index < -0.39 is 0 Å². The van der Waals surface area contributed by atoms with Gasteiger partial charge in [0.25, 0.3) is 0 Å². The van der Waals surface area contributed by atoms with Gasteiger partial charge in [-0.05, 0) is 36.8 Å². The van der Waals surface area contributed by atoms with Crippen LogP contribution in [-0.4, -0.2) is 24.0 Å². The molecule has 1 nitrogen and oxygen atoms in total. The SMILES string of the molecule is CCCN1C/C(=C\c2ccccc2)[C@@H](C)C[C@@H]1C(C)C. The molecule has 1 heteroatoms. The first kappa shape index (κ1) is 15.3. The van der Waals surface area contributed by atoms with E-state index in [4.69, 9.17) is 0 Å². The fraction of sp³-hybridized carbons (Fsp3) is 0.579. The van der Waals surface area contributed by atoms with Crippen LogP contribution in [0.5, 0.6) is 0 Å². The molecule has 1 heterocycles. The lowest BCUT2D eigenvalue weighted by Gasteiger charge is -2.42. The van der Waals surface area contributed by atoms with E-state index in [-0.39, 0.29) is 0 Å². The zero-order chi connectivity index (χ0) is 14.5. The summed E-state index contributed by atoms with van der Waals surface area (Å²) in [4.78, 5) is 2.69. The summed E-state index contributed by atoms with van der Waals surface area (Å²) in [5.74, 6) is 1.46. The van der Waals surface area contributed by atoms with Gasteiger partial charge < -0.3 is 0 Å². The van der Waals surface area contributed by atoms with Gasteiger partial charge in [0, 0.05) is 12.6 Å². The van der Waals surface area contributed by atoms with Crippen LogP contribution >= 0.6 is 0 Å². The van der Waals surface area contributed by atoms with E-state index in [0.29, 0.717) is 5.92 Å². The van der Waals surface area contributed by atoms with E-state index >= 15 is 0 Å². The summed E-state index contributed by atoms with van der Waals surface area (Å²) in [7, 11) is 0. The Morgan fingerprint density at radius 3 is 2.55 bits per heavy atom. The predicted octanol–water partition coefficient (Wildman–Crippen LogP) is 4.85. The minimum absolute atomic E-state index is 0.704. The second-order valence-electron chi connectivity index (χ2n) is 6.55. The van der Waals surface area contributed by atoms with E-state index in [2.05, 4.69) is 69.0 Å². The second kappa shape index (κ2) is 7.08. The monoisotopic (exact) mass is 271 g/mol. The topological polar surface area (TPSA) is 3.24 Å². The molecule has 0 spiro atoms. The van der Waals surface area contributed by atoms with Crippen LogP contribution in [0, 0.1) is 11.8 Å². The Kier molecular flexibility index (Phi) is 5.42. The fourth-order valence-electron chi connectivity index (χ4n) is 3.35. The summed E-state index contributed by atoms with van der Waals surface area (Å²) < 4.78 is 0. The molecule has 0 aliphatic carbocycles. The lowest BCUT2D eigenvalue weighted by molar-refractivity contribution is 0.118. The zero-order valence-electron chi connectivity index (χ0n) is 13.5. The van der Waals surface area contributed by atoms with Gasteiger partial charge in [-0.2, -0.15) is 0 Å². The van der Waals surface area contributed by atoms with Crippen molar-refractivity contribution in [2.45, 2.75) is 46.6 Å². The molecule has 2 rings (SSSR count). The molecule has 1 aromatic carbocycles. The molecule has 0 bridgehead atoms. The van der Waals surface area contributed by atoms with Crippen molar-refractivity contribution < 1.29 is 0 Å². The highest BCUT2D eigenvalue weighted by molar-refractivity contribution is 5.54. The quantitative estimate of drug-likeness (QED) is 0.757. The van der Waals surface area contributed by atoms with Crippen molar-refractivity contribution in [2.75, 3.05) is 13.1 Å². The molecule has 1 fully saturated rings. The Labute approximate surface area is 124 Å². The van der Waals surface area contributed by atoms with Gasteiger partial charge in [0.1, 0.15) is 0 Å². The summed E-state index contributed by atoms with van der Waals surface area (Å²) in [6.45, 7) is 11.8. The van der Waals surface area contributed by atoms with Crippen molar-refractivity contribution in [3.8, 4) is 0 Å². The number of nitrogens with zero attached hydrogens (tertiary/aromatic N) is 1. The Balaban J connectivity index is 2.17. The van der Waals surface area contributed by atoms with Gasteiger partial charge in [-0.3, -0.25) is 4.90 Å². The second-order valence-corrected chi connectivity index (χ2v) is 6.55. The van der Waals surface area contributed by atoms with Gasteiger partial charge in [-0.15, -0.1) is 0 Å². The highest BCUT2D eigenvalue weighted by Crippen LogP contribution is 2.32.